The SMILES string of the molecule is Cc1nc2ccccc2n1-c1nc(N2CCOCC2)c2nc(CNC(C)(C)c3ccccc3)n(C)c2n1. The van der Waals surface area contributed by atoms with Gasteiger partial charge >= 0.3 is 0 Å². The summed E-state index contributed by atoms with van der Waals surface area (Å²) in [7, 11) is 2.03. The molecule has 4 heterocycles. The maximum absolute atomic E-state index is 5.62. The van der Waals surface area contributed by atoms with Crippen LogP contribution in [0.15, 0.2) is 54.6 Å². The molecule has 1 fully saturated rings. The molecule has 1 N–H and O–H groups in total. The van der Waals surface area contributed by atoms with E-state index < -0.39 is 0 Å². The molecule has 9 heteroatoms. The van der Waals surface area contributed by atoms with Crippen molar-refractivity contribution in [3.05, 3.63) is 71.8 Å². The highest BCUT2D eigenvalue weighted by Gasteiger charge is 2.25. The van der Waals surface area contributed by atoms with E-state index in [1.165, 1.54) is 5.56 Å². The normalized spacial score (nSPS) is 14.6. The van der Waals surface area contributed by atoms with Crippen molar-refractivity contribution >= 4 is 28.0 Å². The molecule has 190 valence electrons. The first kappa shape index (κ1) is 23.6. The van der Waals surface area contributed by atoms with Gasteiger partial charge < -0.3 is 19.5 Å². The van der Waals surface area contributed by atoms with Gasteiger partial charge in [-0.15, -0.1) is 0 Å². The van der Waals surface area contributed by atoms with Crippen molar-refractivity contribution in [3.63, 3.8) is 0 Å². The fraction of sp³-hybridized carbons (Fsp3) is 0.357. The maximum atomic E-state index is 5.62. The van der Waals surface area contributed by atoms with Crippen molar-refractivity contribution in [2.75, 3.05) is 31.2 Å². The smallest absolute Gasteiger partial charge is 0.239 e. The largest absolute Gasteiger partial charge is 0.378 e. The summed E-state index contributed by atoms with van der Waals surface area (Å²) in [6.45, 7) is 9.83. The van der Waals surface area contributed by atoms with Crippen molar-refractivity contribution in [2.45, 2.75) is 32.9 Å². The number of hydrogen-bond donors (Lipinski definition) is 1. The Morgan fingerprint density at radius 2 is 1.65 bits per heavy atom. The highest BCUT2D eigenvalue weighted by molar-refractivity contribution is 5.86. The third-order valence-corrected chi connectivity index (χ3v) is 7.20. The zero-order valence-electron chi connectivity index (χ0n) is 21.8. The number of morpholine rings is 1. The second-order valence-corrected chi connectivity index (χ2v) is 10.0. The zero-order chi connectivity index (χ0) is 25.6. The molecular formula is C28H32N8O. The fourth-order valence-electron chi connectivity index (χ4n) is 4.99. The molecule has 0 radical (unpaired) electrons. The van der Waals surface area contributed by atoms with Gasteiger partial charge in [0, 0.05) is 25.7 Å². The number of benzene rings is 2. The number of rotatable bonds is 6. The Morgan fingerprint density at radius 3 is 2.43 bits per heavy atom. The molecule has 1 aliphatic heterocycles. The summed E-state index contributed by atoms with van der Waals surface area (Å²) in [5, 5.41) is 3.69. The Kier molecular flexibility index (Phi) is 5.89. The predicted molar refractivity (Wildman–Crippen MR) is 145 cm³/mol. The lowest BCUT2D eigenvalue weighted by Gasteiger charge is -2.28. The standard InChI is InChI=1S/C28H32N8O/c1-19-30-21-12-8-9-13-22(21)36(19)27-32-25-24(26(33-27)35-14-16-37-17-15-35)31-23(34(25)4)18-29-28(2,3)20-10-6-5-7-11-20/h5-13,29H,14-18H2,1-4H3. The molecule has 1 saturated heterocycles. The maximum Gasteiger partial charge on any atom is 0.239 e. The van der Waals surface area contributed by atoms with Crippen LogP contribution < -0.4 is 10.2 Å². The van der Waals surface area contributed by atoms with Gasteiger partial charge in [0.1, 0.15) is 11.6 Å². The van der Waals surface area contributed by atoms with E-state index in [-0.39, 0.29) is 5.54 Å². The first-order chi connectivity index (χ1) is 17.9. The average molecular weight is 497 g/mol. The van der Waals surface area contributed by atoms with Crippen LogP contribution in [0.5, 0.6) is 0 Å². The van der Waals surface area contributed by atoms with Gasteiger partial charge in [0.25, 0.3) is 0 Å². The highest BCUT2D eigenvalue weighted by Crippen LogP contribution is 2.28. The molecule has 37 heavy (non-hydrogen) atoms. The van der Waals surface area contributed by atoms with Crippen molar-refractivity contribution in [1.29, 1.82) is 0 Å². The summed E-state index contributed by atoms with van der Waals surface area (Å²) in [4.78, 5) is 22.2. The van der Waals surface area contributed by atoms with Crippen LogP contribution in [-0.2, 0) is 23.9 Å². The van der Waals surface area contributed by atoms with E-state index in [0.29, 0.717) is 25.7 Å². The van der Waals surface area contributed by atoms with Gasteiger partial charge in [0.2, 0.25) is 5.95 Å². The molecule has 9 nitrogen and oxygen atoms in total. The van der Waals surface area contributed by atoms with Crippen LogP contribution in [0.1, 0.15) is 31.1 Å². The number of hydrogen-bond acceptors (Lipinski definition) is 7. The Hall–Kier alpha value is -3.82. The van der Waals surface area contributed by atoms with Gasteiger partial charge in [-0.3, -0.25) is 4.57 Å². The summed E-state index contributed by atoms with van der Waals surface area (Å²) in [5.74, 6) is 3.20. The van der Waals surface area contributed by atoms with Crippen LogP contribution in [0.3, 0.4) is 0 Å². The Balaban J connectivity index is 1.45. The van der Waals surface area contributed by atoms with Crippen LogP contribution in [0.2, 0.25) is 0 Å². The van der Waals surface area contributed by atoms with Crippen molar-refractivity contribution in [2.24, 2.45) is 7.05 Å². The second-order valence-electron chi connectivity index (χ2n) is 10.0. The van der Waals surface area contributed by atoms with E-state index >= 15 is 0 Å². The number of aryl methyl sites for hydroxylation is 2. The molecule has 0 aliphatic carbocycles. The minimum absolute atomic E-state index is 0.212. The van der Waals surface area contributed by atoms with E-state index in [4.69, 9.17) is 24.7 Å². The molecule has 0 saturated carbocycles. The lowest BCUT2D eigenvalue weighted by molar-refractivity contribution is 0.122. The number of ether oxygens (including phenoxy) is 1. The molecule has 0 bridgehead atoms. The zero-order valence-corrected chi connectivity index (χ0v) is 21.8. The third kappa shape index (κ3) is 4.24. The molecule has 3 aromatic heterocycles. The number of imidazole rings is 2. The van der Waals surface area contributed by atoms with Crippen LogP contribution in [0.25, 0.3) is 28.1 Å². The molecule has 6 rings (SSSR count). The third-order valence-electron chi connectivity index (χ3n) is 7.20. The Morgan fingerprint density at radius 1 is 0.919 bits per heavy atom. The molecule has 0 spiro atoms. The summed E-state index contributed by atoms with van der Waals surface area (Å²) >= 11 is 0. The molecule has 5 aromatic rings. The lowest BCUT2D eigenvalue weighted by Crippen LogP contribution is -2.37. The van der Waals surface area contributed by atoms with Crippen LogP contribution in [-0.4, -0.2) is 55.4 Å². The summed E-state index contributed by atoms with van der Waals surface area (Å²) in [6, 6.07) is 18.6. The van der Waals surface area contributed by atoms with Crippen LogP contribution in [0, 0.1) is 6.92 Å². The van der Waals surface area contributed by atoms with Gasteiger partial charge in [0.15, 0.2) is 17.0 Å². The number of para-hydroxylation sites is 2. The van der Waals surface area contributed by atoms with E-state index in [1.807, 2.05) is 42.8 Å². The van der Waals surface area contributed by atoms with Gasteiger partial charge in [-0.2, -0.15) is 9.97 Å². The number of fused-ring (bicyclic) bond motifs is 2. The molecular weight excluding hydrogens is 464 g/mol. The molecule has 0 unspecified atom stereocenters. The summed E-state index contributed by atoms with van der Waals surface area (Å²) in [6.07, 6.45) is 0. The van der Waals surface area contributed by atoms with Crippen molar-refractivity contribution in [1.82, 2.24) is 34.4 Å². The quantitative estimate of drug-likeness (QED) is 0.382. The number of nitrogens with zero attached hydrogens (tertiary/aromatic N) is 7. The van der Waals surface area contributed by atoms with Crippen LogP contribution in [0.4, 0.5) is 5.82 Å². The Bertz CT molecular complexity index is 1560. The van der Waals surface area contributed by atoms with Gasteiger partial charge in [0.05, 0.1) is 30.8 Å². The monoisotopic (exact) mass is 496 g/mol. The second kappa shape index (κ2) is 9.24. The van der Waals surface area contributed by atoms with Crippen molar-refractivity contribution in [3.8, 4) is 5.95 Å². The van der Waals surface area contributed by atoms with E-state index in [2.05, 4.69) is 59.0 Å². The van der Waals surface area contributed by atoms with Gasteiger partial charge in [-0.05, 0) is 38.5 Å². The number of anilines is 1. The predicted octanol–water partition coefficient (Wildman–Crippen LogP) is 3.87. The van der Waals surface area contributed by atoms with E-state index in [9.17, 15) is 0 Å². The van der Waals surface area contributed by atoms with Gasteiger partial charge in [-0.25, -0.2) is 9.97 Å². The molecule has 2 aromatic carbocycles. The van der Waals surface area contributed by atoms with E-state index in [1.54, 1.807) is 0 Å². The first-order valence-corrected chi connectivity index (χ1v) is 12.7. The van der Waals surface area contributed by atoms with E-state index in [0.717, 1.165) is 52.8 Å². The lowest BCUT2D eigenvalue weighted by atomic mass is 9.94. The Labute approximate surface area is 216 Å². The summed E-state index contributed by atoms with van der Waals surface area (Å²) in [5.41, 5.74) is 4.54. The van der Waals surface area contributed by atoms with Gasteiger partial charge in [-0.1, -0.05) is 42.5 Å². The number of aromatic nitrogens is 6. The number of nitrogens with one attached hydrogen (secondary N) is 1. The minimum Gasteiger partial charge on any atom is -0.378 e. The fourth-order valence-corrected chi connectivity index (χ4v) is 4.99. The molecule has 0 amide bonds. The average Bonchev–Trinajstić information content (AvgIpc) is 3.43. The van der Waals surface area contributed by atoms with Crippen LogP contribution >= 0.6 is 0 Å². The summed E-state index contributed by atoms with van der Waals surface area (Å²) < 4.78 is 9.73. The first-order valence-electron chi connectivity index (χ1n) is 12.7. The topological polar surface area (TPSA) is 85.9 Å². The molecule has 0 atom stereocenters. The van der Waals surface area contributed by atoms with Crippen molar-refractivity contribution < 1.29 is 4.74 Å². The highest BCUT2D eigenvalue weighted by atomic mass is 16.5. The molecule has 1 aliphatic rings. The minimum atomic E-state index is -0.212.